The summed E-state index contributed by atoms with van der Waals surface area (Å²) in [6, 6.07) is 0.730. The highest BCUT2D eigenvalue weighted by molar-refractivity contribution is 5.10. The molecule has 0 amide bonds. The molecule has 1 fully saturated rings. The molecule has 0 saturated carbocycles. The molecule has 0 bridgehead atoms. The number of piperazine rings is 1. The minimum Gasteiger partial charge on any atom is -0.307 e. The number of rotatable bonds is 1. The van der Waals surface area contributed by atoms with Crippen LogP contribution in [0.2, 0.25) is 0 Å². The molecule has 0 atom stereocenters. The van der Waals surface area contributed by atoms with Crippen LogP contribution in [0.5, 0.6) is 0 Å². The number of hydrogen-bond donors (Lipinski definition) is 0. The van der Waals surface area contributed by atoms with E-state index >= 15 is 0 Å². The molecule has 0 aromatic rings. The lowest BCUT2D eigenvalue weighted by atomic mass is 10.2. The molecule has 1 rings (SSSR count). The summed E-state index contributed by atoms with van der Waals surface area (Å²) >= 11 is 0. The molecule has 3 heteroatoms. The fraction of sp³-hybridized carbons (Fsp3) is 0.889. The molecule has 1 heterocycles. The highest BCUT2D eigenvalue weighted by Gasteiger charge is 2.15. The molecular formula is C9H20N2O. The fourth-order valence-corrected chi connectivity index (χ4v) is 1.34. The molecule has 12 heavy (non-hydrogen) atoms. The Kier molecular flexibility index (Phi) is 5.93. The SMILES string of the molecule is C=O.CC(C)N1CCN(C)CC1. The van der Waals surface area contributed by atoms with E-state index in [0.717, 1.165) is 6.04 Å². The predicted molar refractivity (Wildman–Crippen MR) is 51.3 cm³/mol. The van der Waals surface area contributed by atoms with Crippen LogP contribution in [-0.4, -0.2) is 55.9 Å². The predicted octanol–water partition coefficient (Wildman–Crippen LogP) is 0.457. The van der Waals surface area contributed by atoms with Gasteiger partial charge in [0.05, 0.1) is 0 Å². The van der Waals surface area contributed by atoms with Gasteiger partial charge in [0, 0.05) is 32.2 Å². The molecule has 1 aliphatic rings. The minimum atomic E-state index is 0.730. The maximum absolute atomic E-state index is 8.00. The van der Waals surface area contributed by atoms with Crippen molar-refractivity contribution in [1.82, 2.24) is 9.80 Å². The molecule has 72 valence electrons. The zero-order valence-electron chi connectivity index (χ0n) is 8.42. The first kappa shape index (κ1) is 11.6. The standard InChI is InChI=1S/C8H18N2.CH2O/c1-8(2)10-6-4-9(3)5-7-10;1-2/h8H,4-7H2,1-3H3;1H2. The van der Waals surface area contributed by atoms with Crippen LogP contribution in [0.15, 0.2) is 0 Å². The Bertz CT molecular complexity index is 109. The van der Waals surface area contributed by atoms with Crippen LogP contribution in [0.25, 0.3) is 0 Å². The minimum absolute atomic E-state index is 0.730. The molecule has 0 N–H and O–H groups in total. The molecule has 0 radical (unpaired) electrons. The Hall–Kier alpha value is -0.410. The lowest BCUT2D eigenvalue weighted by Crippen LogP contribution is -2.47. The van der Waals surface area contributed by atoms with E-state index < -0.39 is 0 Å². The van der Waals surface area contributed by atoms with Crippen LogP contribution in [-0.2, 0) is 4.79 Å². The molecule has 1 saturated heterocycles. The van der Waals surface area contributed by atoms with Gasteiger partial charge in [0.1, 0.15) is 6.79 Å². The topological polar surface area (TPSA) is 23.6 Å². The molecule has 3 nitrogen and oxygen atoms in total. The third-order valence-corrected chi connectivity index (χ3v) is 2.27. The second-order valence-corrected chi connectivity index (χ2v) is 3.43. The maximum atomic E-state index is 8.00. The Morgan fingerprint density at radius 1 is 1.08 bits per heavy atom. The van der Waals surface area contributed by atoms with E-state index in [0.29, 0.717) is 0 Å². The highest BCUT2D eigenvalue weighted by Crippen LogP contribution is 2.02. The Labute approximate surface area is 75.3 Å². The summed E-state index contributed by atoms with van der Waals surface area (Å²) in [6.07, 6.45) is 0. The quantitative estimate of drug-likeness (QED) is 0.574. The summed E-state index contributed by atoms with van der Waals surface area (Å²) in [5.41, 5.74) is 0. The van der Waals surface area contributed by atoms with Gasteiger partial charge < -0.3 is 9.69 Å². The average molecular weight is 172 g/mol. The van der Waals surface area contributed by atoms with E-state index in [1.807, 2.05) is 6.79 Å². The Morgan fingerprint density at radius 3 is 1.83 bits per heavy atom. The van der Waals surface area contributed by atoms with Crippen molar-refractivity contribution in [3.05, 3.63) is 0 Å². The van der Waals surface area contributed by atoms with Crippen molar-refractivity contribution >= 4 is 6.79 Å². The molecule has 0 aromatic heterocycles. The molecule has 0 spiro atoms. The smallest absolute Gasteiger partial charge is 0.106 e. The van der Waals surface area contributed by atoms with Gasteiger partial charge in [-0.3, -0.25) is 4.90 Å². The first-order chi connectivity index (χ1) is 5.70. The third-order valence-electron chi connectivity index (χ3n) is 2.27. The van der Waals surface area contributed by atoms with Gasteiger partial charge in [-0.25, -0.2) is 0 Å². The van der Waals surface area contributed by atoms with Gasteiger partial charge >= 0.3 is 0 Å². The van der Waals surface area contributed by atoms with Gasteiger partial charge in [0.15, 0.2) is 0 Å². The van der Waals surface area contributed by atoms with Crippen molar-refractivity contribution in [3.8, 4) is 0 Å². The lowest BCUT2D eigenvalue weighted by molar-refractivity contribution is -0.0979. The third kappa shape index (κ3) is 3.83. The monoisotopic (exact) mass is 172 g/mol. The largest absolute Gasteiger partial charge is 0.307 e. The molecule has 0 unspecified atom stereocenters. The normalized spacial score (nSPS) is 20.3. The van der Waals surface area contributed by atoms with E-state index in [1.54, 1.807) is 0 Å². The first-order valence-electron chi connectivity index (χ1n) is 4.41. The van der Waals surface area contributed by atoms with Gasteiger partial charge in [-0.15, -0.1) is 0 Å². The number of likely N-dealkylation sites (N-methyl/N-ethyl adjacent to an activating group) is 1. The number of hydrogen-bond acceptors (Lipinski definition) is 3. The van der Waals surface area contributed by atoms with Crippen molar-refractivity contribution in [3.63, 3.8) is 0 Å². The van der Waals surface area contributed by atoms with Crippen LogP contribution in [0, 0.1) is 0 Å². The first-order valence-corrected chi connectivity index (χ1v) is 4.41. The molecule has 1 aliphatic heterocycles. The van der Waals surface area contributed by atoms with Gasteiger partial charge in [0.25, 0.3) is 0 Å². The van der Waals surface area contributed by atoms with Crippen LogP contribution in [0.3, 0.4) is 0 Å². The summed E-state index contributed by atoms with van der Waals surface area (Å²) < 4.78 is 0. The van der Waals surface area contributed by atoms with Crippen molar-refractivity contribution in [1.29, 1.82) is 0 Å². The van der Waals surface area contributed by atoms with E-state index in [-0.39, 0.29) is 0 Å². The average Bonchev–Trinajstić information content (AvgIpc) is 2.09. The number of carbonyl (C=O) groups is 1. The van der Waals surface area contributed by atoms with E-state index in [9.17, 15) is 0 Å². The van der Waals surface area contributed by atoms with Crippen LogP contribution >= 0.6 is 0 Å². The second-order valence-electron chi connectivity index (χ2n) is 3.43. The summed E-state index contributed by atoms with van der Waals surface area (Å²) in [5.74, 6) is 0. The van der Waals surface area contributed by atoms with Crippen molar-refractivity contribution in [2.45, 2.75) is 19.9 Å². The van der Waals surface area contributed by atoms with Crippen LogP contribution < -0.4 is 0 Å². The van der Waals surface area contributed by atoms with Crippen LogP contribution in [0.4, 0.5) is 0 Å². The zero-order valence-corrected chi connectivity index (χ0v) is 8.42. The zero-order chi connectivity index (χ0) is 9.56. The Morgan fingerprint density at radius 2 is 1.50 bits per heavy atom. The van der Waals surface area contributed by atoms with Gasteiger partial charge in [0.2, 0.25) is 0 Å². The van der Waals surface area contributed by atoms with Gasteiger partial charge in [-0.2, -0.15) is 0 Å². The van der Waals surface area contributed by atoms with E-state index in [4.69, 9.17) is 4.79 Å². The van der Waals surface area contributed by atoms with Crippen molar-refractivity contribution < 1.29 is 4.79 Å². The summed E-state index contributed by atoms with van der Waals surface area (Å²) in [4.78, 5) is 12.9. The van der Waals surface area contributed by atoms with E-state index in [1.165, 1.54) is 26.2 Å². The van der Waals surface area contributed by atoms with Crippen molar-refractivity contribution in [2.24, 2.45) is 0 Å². The maximum Gasteiger partial charge on any atom is 0.106 e. The lowest BCUT2D eigenvalue weighted by Gasteiger charge is -2.34. The van der Waals surface area contributed by atoms with E-state index in [2.05, 4.69) is 30.7 Å². The highest BCUT2D eigenvalue weighted by atomic mass is 16.1. The Balaban J connectivity index is 0.000000561. The molecular weight excluding hydrogens is 152 g/mol. The molecule has 0 aliphatic carbocycles. The summed E-state index contributed by atoms with van der Waals surface area (Å²) in [5, 5.41) is 0. The summed E-state index contributed by atoms with van der Waals surface area (Å²) in [6.45, 7) is 11.5. The summed E-state index contributed by atoms with van der Waals surface area (Å²) in [7, 11) is 2.19. The van der Waals surface area contributed by atoms with Gasteiger partial charge in [-0.05, 0) is 20.9 Å². The second kappa shape index (κ2) is 6.14. The number of carbonyl (C=O) groups excluding carboxylic acids is 1. The fourth-order valence-electron chi connectivity index (χ4n) is 1.34. The number of nitrogens with zero attached hydrogens (tertiary/aromatic N) is 2. The molecule has 0 aromatic carbocycles. The van der Waals surface area contributed by atoms with Crippen LogP contribution in [0.1, 0.15) is 13.8 Å². The van der Waals surface area contributed by atoms with Gasteiger partial charge in [-0.1, -0.05) is 0 Å². The van der Waals surface area contributed by atoms with Crippen molar-refractivity contribution in [2.75, 3.05) is 33.2 Å².